The Morgan fingerprint density at radius 3 is 3.08 bits per heavy atom. The molecule has 0 radical (unpaired) electrons. The van der Waals surface area contributed by atoms with Crippen molar-refractivity contribution in [3.05, 3.63) is 0 Å². The molecule has 4 N–H and O–H groups in total. The second-order valence-corrected chi connectivity index (χ2v) is 2.24. The van der Waals surface area contributed by atoms with Gasteiger partial charge in [0.05, 0.1) is 6.04 Å². The van der Waals surface area contributed by atoms with Crippen molar-refractivity contribution >= 4 is 11.9 Å². The fraction of sp³-hybridized carbons (Fsp3) is 0.600. The molecule has 0 aromatic carbocycles. The minimum Gasteiger partial charge on any atom is -0.320 e. The Kier molecular flexibility index (Phi) is 2.70. The molecule has 1 heterocycles. The van der Waals surface area contributed by atoms with E-state index in [4.69, 9.17) is 5.73 Å². The van der Waals surface area contributed by atoms with E-state index in [2.05, 4.69) is 25.9 Å². The average Bonchev–Trinajstić information content (AvgIpc) is 2.55. The van der Waals surface area contributed by atoms with E-state index in [1.807, 2.05) is 6.92 Å². The molecular weight excluding hydrogens is 160 g/mol. The van der Waals surface area contributed by atoms with Gasteiger partial charge in [0.15, 0.2) is 0 Å². The van der Waals surface area contributed by atoms with Crippen molar-refractivity contribution in [2.45, 2.75) is 19.4 Å². The zero-order valence-electron chi connectivity index (χ0n) is 6.61. The van der Waals surface area contributed by atoms with Crippen LogP contribution in [0.3, 0.4) is 0 Å². The van der Waals surface area contributed by atoms with Crippen molar-refractivity contribution in [3.63, 3.8) is 0 Å². The molecule has 1 amide bonds. The molecule has 0 aliphatic carbocycles. The first-order valence-electron chi connectivity index (χ1n) is 3.54. The molecule has 0 bridgehead atoms. The maximum absolute atomic E-state index is 11.1. The second-order valence-electron chi connectivity index (χ2n) is 2.24. The number of anilines is 1. The quantitative estimate of drug-likeness (QED) is 0.532. The van der Waals surface area contributed by atoms with E-state index >= 15 is 0 Å². The lowest BCUT2D eigenvalue weighted by molar-refractivity contribution is -0.117. The van der Waals surface area contributed by atoms with Crippen LogP contribution in [0.15, 0.2) is 0 Å². The number of nitrogens with zero attached hydrogens (tertiary/aromatic N) is 3. The first-order valence-corrected chi connectivity index (χ1v) is 3.54. The molecule has 0 saturated heterocycles. The molecular formula is C5H10N6O. The number of carbonyl (C=O) groups excluding carboxylic acids is 1. The molecule has 0 fully saturated rings. The SMILES string of the molecule is CC[C@H](N)C(=O)Nc1nn[nH]n1. The number of hydrogen-bond acceptors (Lipinski definition) is 5. The summed E-state index contributed by atoms with van der Waals surface area (Å²) < 4.78 is 0. The third kappa shape index (κ3) is 1.99. The molecule has 0 saturated carbocycles. The molecule has 7 heteroatoms. The molecule has 0 aliphatic heterocycles. The highest BCUT2D eigenvalue weighted by Crippen LogP contribution is 1.94. The third-order valence-electron chi connectivity index (χ3n) is 1.36. The number of aromatic nitrogens is 4. The lowest BCUT2D eigenvalue weighted by Gasteiger charge is -2.05. The number of aromatic amines is 1. The Morgan fingerprint density at radius 1 is 1.83 bits per heavy atom. The summed E-state index contributed by atoms with van der Waals surface area (Å²) >= 11 is 0. The highest BCUT2D eigenvalue weighted by Gasteiger charge is 2.12. The predicted molar refractivity (Wildman–Crippen MR) is 41.1 cm³/mol. The van der Waals surface area contributed by atoms with Gasteiger partial charge in [0.25, 0.3) is 5.95 Å². The van der Waals surface area contributed by atoms with Gasteiger partial charge in [-0.25, -0.2) is 0 Å². The van der Waals surface area contributed by atoms with Crippen LogP contribution in [-0.4, -0.2) is 32.6 Å². The summed E-state index contributed by atoms with van der Waals surface area (Å²) in [5.74, 6) is -0.164. The van der Waals surface area contributed by atoms with Crippen LogP contribution < -0.4 is 11.1 Å². The number of tetrazole rings is 1. The van der Waals surface area contributed by atoms with Gasteiger partial charge in [0.2, 0.25) is 5.91 Å². The number of nitrogens with one attached hydrogen (secondary N) is 2. The summed E-state index contributed by atoms with van der Waals surface area (Å²) in [4.78, 5) is 11.1. The van der Waals surface area contributed by atoms with Crippen molar-refractivity contribution in [3.8, 4) is 0 Å². The van der Waals surface area contributed by atoms with Gasteiger partial charge in [-0.15, -0.1) is 5.10 Å². The molecule has 0 unspecified atom stereocenters. The van der Waals surface area contributed by atoms with Crippen molar-refractivity contribution < 1.29 is 4.79 Å². The van der Waals surface area contributed by atoms with Gasteiger partial charge in [0, 0.05) is 0 Å². The van der Waals surface area contributed by atoms with Gasteiger partial charge >= 0.3 is 0 Å². The van der Waals surface area contributed by atoms with Gasteiger partial charge in [-0.3, -0.25) is 10.1 Å². The summed E-state index contributed by atoms with van der Waals surface area (Å²) in [6, 6.07) is -0.525. The van der Waals surface area contributed by atoms with Crippen LogP contribution >= 0.6 is 0 Å². The zero-order valence-corrected chi connectivity index (χ0v) is 6.61. The van der Waals surface area contributed by atoms with Crippen LogP contribution in [0.4, 0.5) is 5.95 Å². The Hall–Kier alpha value is -1.50. The zero-order chi connectivity index (χ0) is 8.97. The number of H-pyrrole nitrogens is 1. The largest absolute Gasteiger partial charge is 0.320 e. The summed E-state index contributed by atoms with van der Waals surface area (Å²) in [5, 5.41) is 14.9. The average molecular weight is 170 g/mol. The minimum absolute atomic E-state index is 0.143. The van der Waals surface area contributed by atoms with Crippen LogP contribution in [0.2, 0.25) is 0 Å². The van der Waals surface area contributed by atoms with Crippen molar-refractivity contribution in [2.24, 2.45) is 5.73 Å². The third-order valence-corrected chi connectivity index (χ3v) is 1.36. The standard InChI is InChI=1S/C5H10N6O/c1-2-3(6)4(12)7-5-8-10-11-9-5/h3H,2,6H2,1H3,(H2,7,8,9,10,11,12)/t3-/m0/s1. The Morgan fingerprint density at radius 2 is 2.58 bits per heavy atom. The molecule has 1 rings (SSSR count). The van der Waals surface area contributed by atoms with E-state index < -0.39 is 6.04 Å². The molecule has 1 atom stereocenters. The second kappa shape index (κ2) is 3.77. The van der Waals surface area contributed by atoms with Gasteiger partial charge < -0.3 is 5.73 Å². The number of carbonyl (C=O) groups is 1. The van der Waals surface area contributed by atoms with E-state index in [1.54, 1.807) is 0 Å². The smallest absolute Gasteiger partial charge is 0.269 e. The lowest BCUT2D eigenvalue weighted by Crippen LogP contribution is -2.35. The van der Waals surface area contributed by atoms with Gasteiger partial charge in [-0.05, 0) is 11.6 Å². The van der Waals surface area contributed by atoms with Crippen LogP contribution in [0, 0.1) is 0 Å². The molecule has 7 nitrogen and oxygen atoms in total. The maximum atomic E-state index is 11.1. The van der Waals surface area contributed by atoms with E-state index in [-0.39, 0.29) is 11.9 Å². The molecule has 1 aromatic heterocycles. The molecule has 66 valence electrons. The van der Waals surface area contributed by atoms with E-state index in [9.17, 15) is 4.79 Å². The van der Waals surface area contributed by atoms with Crippen molar-refractivity contribution in [2.75, 3.05) is 5.32 Å². The highest BCUT2D eigenvalue weighted by atomic mass is 16.2. The van der Waals surface area contributed by atoms with Crippen LogP contribution in [0.5, 0.6) is 0 Å². The van der Waals surface area contributed by atoms with Crippen LogP contribution in [0.1, 0.15) is 13.3 Å². The van der Waals surface area contributed by atoms with Crippen molar-refractivity contribution in [1.29, 1.82) is 0 Å². The first kappa shape index (κ1) is 8.60. The Labute approximate surface area is 68.7 Å². The first-order chi connectivity index (χ1) is 5.74. The number of hydrogen-bond donors (Lipinski definition) is 3. The molecule has 12 heavy (non-hydrogen) atoms. The fourth-order valence-corrected chi connectivity index (χ4v) is 0.603. The molecule has 1 aromatic rings. The Balaban J connectivity index is 2.47. The van der Waals surface area contributed by atoms with Crippen LogP contribution in [0.25, 0.3) is 0 Å². The summed E-state index contributed by atoms with van der Waals surface area (Å²) in [5.41, 5.74) is 5.43. The maximum Gasteiger partial charge on any atom is 0.269 e. The molecule has 0 spiro atoms. The summed E-state index contributed by atoms with van der Waals surface area (Å²) in [6.45, 7) is 1.82. The van der Waals surface area contributed by atoms with Gasteiger partial charge in [-0.2, -0.15) is 5.21 Å². The minimum atomic E-state index is -0.525. The highest BCUT2D eigenvalue weighted by molar-refractivity contribution is 5.92. The van der Waals surface area contributed by atoms with Gasteiger partial charge in [-0.1, -0.05) is 12.0 Å². The number of rotatable bonds is 3. The normalized spacial score (nSPS) is 12.5. The molecule has 0 aliphatic rings. The Bertz CT molecular complexity index is 244. The van der Waals surface area contributed by atoms with E-state index in [1.165, 1.54) is 0 Å². The van der Waals surface area contributed by atoms with Gasteiger partial charge in [0.1, 0.15) is 0 Å². The topological polar surface area (TPSA) is 110 Å². The summed E-state index contributed by atoms with van der Waals surface area (Å²) in [7, 11) is 0. The number of nitrogens with two attached hydrogens (primary N) is 1. The lowest BCUT2D eigenvalue weighted by atomic mass is 10.2. The van der Waals surface area contributed by atoms with Crippen LogP contribution in [-0.2, 0) is 4.79 Å². The monoisotopic (exact) mass is 170 g/mol. The van der Waals surface area contributed by atoms with E-state index in [0.717, 1.165) is 0 Å². The summed E-state index contributed by atoms with van der Waals surface area (Å²) in [6.07, 6.45) is 0.573. The predicted octanol–water partition coefficient (Wildman–Crippen LogP) is -1.12. The van der Waals surface area contributed by atoms with Crippen molar-refractivity contribution in [1.82, 2.24) is 20.6 Å². The number of amides is 1. The van der Waals surface area contributed by atoms with E-state index in [0.29, 0.717) is 6.42 Å². The fourth-order valence-electron chi connectivity index (χ4n) is 0.603.